The van der Waals surface area contributed by atoms with Crippen molar-refractivity contribution >= 4 is 68.5 Å². The Kier molecular flexibility index (Phi) is 14.6. The van der Waals surface area contributed by atoms with Crippen LogP contribution in [0.5, 0.6) is 5.75 Å². The average molecular weight is 943 g/mol. The van der Waals surface area contributed by atoms with Gasteiger partial charge in [0.1, 0.15) is 24.6 Å². The molecule has 0 saturated carbocycles. The molecule has 2 amide bonds. The molecule has 4 aromatic rings. The van der Waals surface area contributed by atoms with Crippen molar-refractivity contribution in [1.82, 2.24) is 9.80 Å². The number of likely N-dealkylation sites (N-methyl/N-ethyl adjacent to an activating group) is 1. The van der Waals surface area contributed by atoms with Crippen LogP contribution in [0, 0.1) is 38.0 Å². The molecular weight excluding hydrogens is 897 g/mol. The van der Waals surface area contributed by atoms with Gasteiger partial charge in [0.15, 0.2) is 0 Å². The van der Waals surface area contributed by atoms with Gasteiger partial charge in [-0.3, -0.25) is 25.0 Å². The number of nitro groups is 2. The molecule has 21 nitrogen and oxygen atoms in total. The van der Waals surface area contributed by atoms with Crippen LogP contribution in [0.2, 0.25) is 0 Å². The van der Waals surface area contributed by atoms with Crippen LogP contribution in [0.3, 0.4) is 0 Å². The standard InChI is InChI=1S/C44H43N6O12.CH4O3S/c1-26(2)37-38-27(3)35(39(47(38)40(37)51)43(54)61-41(52)28-11-15-31(16-12-28)48(56)57)24-60-36-10-6-8-33-30(7-5-9-34(33)36)23-50(4)21-19-46(20-22-50)25-45-44(55)62-42(53)29-13-17-32(18-14-29)49(58)59;1-5(2,3)4/h5-18,25-27,37-38H,19-24H2,1-4H3;1H3,(H,2,3,4)/q+1;/p-1/t27-,37+,38+;/m0./s1. The van der Waals surface area contributed by atoms with Gasteiger partial charge in [-0.2, -0.15) is 4.99 Å². The summed E-state index contributed by atoms with van der Waals surface area (Å²) < 4.78 is 44.4. The van der Waals surface area contributed by atoms with E-state index in [0.29, 0.717) is 54.8 Å². The second-order valence-corrected chi connectivity index (χ2v) is 18.2. The predicted molar refractivity (Wildman–Crippen MR) is 237 cm³/mol. The lowest BCUT2D eigenvalue weighted by atomic mass is 9.74. The highest BCUT2D eigenvalue weighted by Crippen LogP contribution is 2.49. The average Bonchev–Trinajstić information content (AvgIpc) is 3.51. The zero-order valence-corrected chi connectivity index (χ0v) is 37.7. The summed E-state index contributed by atoms with van der Waals surface area (Å²) in [6.45, 7) is 8.98. The largest absolute Gasteiger partial charge is 0.748 e. The van der Waals surface area contributed by atoms with E-state index in [1.54, 1.807) is 0 Å². The number of benzene rings is 4. The molecule has 0 N–H and O–H groups in total. The van der Waals surface area contributed by atoms with Gasteiger partial charge in [0.2, 0.25) is 5.91 Å². The molecule has 3 aliphatic heterocycles. The van der Waals surface area contributed by atoms with E-state index in [-0.39, 0.29) is 64.5 Å². The molecule has 0 radical (unpaired) electrons. The summed E-state index contributed by atoms with van der Waals surface area (Å²) in [5, 5.41) is 23.8. The monoisotopic (exact) mass is 942 g/mol. The van der Waals surface area contributed by atoms with E-state index in [9.17, 15) is 44.2 Å². The van der Waals surface area contributed by atoms with Gasteiger partial charge in [0, 0.05) is 53.0 Å². The number of nitro benzene ring substituents is 2. The minimum Gasteiger partial charge on any atom is -0.748 e. The Morgan fingerprint density at radius 1 is 0.836 bits per heavy atom. The Labute approximate surface area is 383 Å². The number of piperazine rings is 1. The number of carbonyl (C=O) groups excluding carboxylic acids is 5. The van der Waals surface area contributed by atoms with Gasteiger partial charge in [0.25, 0.3) is 11.4 Å². The molecule has 3 aliphatic rings. The highest BCUT2D eigenvalue weighted by atomic mass is 32.2. The number of β-lactam (4-membered cyclic amide) rings is 1. The molecule has 2 saturated heterocycles. The van der Waals surface area contributed by atoms with Gasteiger partial charge in [0.05, 0.1) is 82.6 Å². The highest BCUT2D eigenvalue weighted by molar-refractivity contribution is 7.84. The van der Waals surface area contributed by atoms with Gasteiger partial charge in [-0.15, -0.1) is 0 Å². The van der Waals surface area contributed by atoms with Crippen molar-refractivity contribution in [3.63, 3.8) is 0 Å². The SMILES string of the molecule is CC(C)[C@H]1C(=O)N2C(C(=O)OC(=O)c3ccc([N+](=O)[O-])cc3)=C(COc3cccc4c(C[N+]5(C)CCN(C=NC(=O)OC(=O)c6ccc([N+](=O)[O-])cc6)CC5)cccc34)[C@H](C)[C@H]12.CS(=O)(=O)[O-]. The molecule has 0 bridgehead atoms. The molecule has 0 aliphatic carbocycles. The van der Waals surface area contributed by atoms with E-state index in [0.717, 1.165) is 40.6 Å². The highest BCUT2D eigenvalue weighted by Gasteiger charge is 2.59. The first-order valence-electron chi connectivity index (χ1n) is 20.8. The van der Waals surface area contributed by atoms with Gasteiger partial charge in [-0.05, 0) is 41.6 Å². The van der Waals surface area contributed by atoms with Gasteiger partial charge in [-0.1, -0.05) is 51.1 Å². The topological polar surface area (TPSA) is 275 Å². The molecule has 7 rings (SSSR count). The summed E-state index contributed by atoms with van der Waals surface area (Å²) in [4.78, 5) is 92.6. The summed E-state index contributed by atoms with van der Waals surface area (Å²) in [5.41, 5.74) is 1.05. The van der Waals surface area contributed by atoms with E-state index >= 15 is 0 Å². The number of esters is 3. The molecular formula is C45H46N6O15S. The maximum atomic E-state index is 13.7. The minimum absolute atomic E-state index is 0.00114. The number of amides is 2. The number of ether oxygens (including phenoxy) is 3. The number of nitrogens with zero attached hydrogens (tertiary/aromatic N) is 6. The Morgan fingerprint density at radius 3 is 1.90 bits per heavy atom. The predicted octanol–water partition coefficient (Wildman–Crippen LogP) is 5.23. The van der Waals surface area contributed by atoms with Gasteiger partial charge < -0.3 is 33.0 Å². The maximum absolute atomic E-state index is 13.7. The van der Waals surface area contributed by atoms with Crippen LogP contribution in [-0.2, 0) is 35.7 Å². The first-order chi connectivity index (χ1) is 31.5. The number of hydrogen-bond donors (Lipinski definition) is 0. The Morgan fingerprint density at radius 2 is 1.36 bits per heavy atom. The van der Waals surface area contributed by atoms with Crippen LogP contribution in [0.15, 0.2) is 101 Å². The Balaban J connectivity index is 0.00000141. The number of fused-ring (bicyclic) bond motifs is 2. The van der Waals surface area contributed by atoms with Crippen LogP contribution in [0.25, 0.3) is 10.8 Å². The Bertz CT molecular complexity index is 2790. The van der Waals surface area contributed by atoms with E-state index in [1.807, 2.05) is 56.0 Å². The summed E-state index contributed by atoms with van der Waals surface area (Å²) in [6.07, 6.45) is 0.848. The van der Waals surface area contributed by atoms with E-state index in [4.69, 9.17) is 27.2 Å². The number of quaternary nitrogens is 1. The van der Waals surface area contributed by atoms with Crippen LogP contribution >= 0.6 is 0 Å². The van der Waals surface area contributed by atoms with E-state index < -0.39 is 44.0 Å². The molecule has 0 aromatic heterocycles. The van der Waals surface area contributed by atoms with E-state index in [2.05, 4.69) is 18.1 Å². The molecule has 0 unspecified atom stereocenters. The van der Waals surface area contributed by atoms with E-state index in [1.165, 1.54) is 35.5 Å². The van der Waals surface area contributed by atoms with Crippen LogP contribution in [0.4, 0.5) is 16.2 Å². The van der Waals surface area contributed by atoms with Crippen molar-refractivity contribution in [2.45, 2.75) is 33.4 Å². The summed E-state index contributed by atoms with van der Waals surface area (Å²) in [6, 6.07) is 20.7. The molecule has 67 heavy (non-hydrogen) atoms. The first-order valence-corrected chi connectivity index (χ1v) is 22.6. The molecule has 3 atom stereocenters. The molecule has 3 heterocycles. The summed E-state index contributed by atoms with van der Waals surface area (Å²) in [7, 11) is -1.78. The summed E-state index contributed by atoms with van der Waals surface area (Å²) >= 11 is 0. The maximum Gasteiger partial charge on any atom is 0.442 e. The number of non-ortho nitro benzene ring substituents is 2. The lowest BCUT2D eigenvalue weighted by Crippen LogP contribution is -2.62. The second-order valence-electron chi connectivity index (χ2n) is 16.8. The number of aliphatic imine (C=N–C) groups is 1. The fourth-order valence-corrected chi connectivity index (χ4v) is 8.35. The van der Waals surface area contributed by atoms with Crippen molar-refractivity contribution in [3.8, 4) is 5.75 Å². The van der Waals surface area contributed by atoms with Crippen molar-refractivity contribution in [3.05, 3.63) is 133 Å². The lowest BCUT2D eigenvalue weighted by Gasteiger charge is -2.47. The minimum atomic E-state index is -3.92. The fourth-order valence-electron chi connectivity index (χ4n) is 8.35. The molecule has 0 spiro atoms. The van der Waals surface area contributed by atoms with Crippen LogP contribution in [-0.4, -0.2) is 125 Å². The number of hydrogen-bond acceptors (Lipinski definition) is 15. The summed E-state index contributed by atoms with van der Waals surface area (Å²) in [5.74, 6) is -3.29. The van der Waals surface area contributed by atoms with Gasteiger partial charge >= 0.3 is 24.0 Å². The number of carbonyl (C=O) groups is 5. The van der Waals surface area contributed by atoms with Crippen LogP contribution < -0.4 is 4.74 Å². The smallest absolute Gasteiger partial charge is 0.442 e. The second kappa shape index (κ2) is 20.0. The Hall–Kier alpha value is -7.43. The van der Waals surface area contributed by atoms with Crippen molar-refractivity contribution in [1.29, 1.82) is 0 Å². The quantitative estimate of drug-likeness (QED) is 0.0202. The zero-order chi connectivity index (χ0) is 49.0. The van der Waals surface area contributed by atoms with Crippen molar-refractivity contribution < 1.29 is 65.5 Å². The van der Waals surface area contributed by atoms with Crippen molar-refractivity contribution in [2.24, 2.45) is 22.7 Å². The molecule has 2 fully saturated rings. The van der Waals surface area contributed by atoms with Crippen molar-refractivity contribution in [2.75, 3.05) is 46.1 Å². The lowest BCUT2D eigenvalue weighted by molar-refractivity contribution is -0.925. The molecule has 22 heteroatoms. The molecule has 352 valence electrons. The normalized spacial score (nSPS) is 18.7. The van der Waals surface area contributed by atoms with Gasteiger partial charge in [-0.25, -0.2) is 27.6 Å². The molecule has 4 aromatic carbocycles. The number of rotatable bonds is 12. The first kappa shape index (κ1) is 49.0. The third kappa shape index (κ3) is 11.5. The fraction of sp³-hybridized carbons (Fsp3) is 0.333. The zero-order valence-electron chi connectivity index (χ0n) is 36.9. The third-order valence-electron chi connectivity index (χ3n) is 11.8. The third-order valence-corrected chi connectivity index (χ3v) is 11.8. The van der Waals surface area contributed by atoms with Crippen LogP contribution in [0.1, 0.15) is 47.1 Å².